The van der Waals surface area contributed by atoms with Gasteiger partial charge < -0.3 is 15.0 Å². The Bertz CT molecular complexity index is 843. The number of likely N-dealkylation sites (tertiary alicyclic amines) is 1. The molecule has 7 heteroatoms. The van der Waals surface area contributed by atoms with E-state index in [0.717, 1.165) is 48.4 Å². The first-order chi connectivity index (χ1) is 13.2. The van der Waals surface area contributed by atoms with Crippen LogP contribution in [0.25, 0.3) is 5.69 Å². The molecule has 1 aliphatic carbocycles. The van der Waals surface area contributed by atoms with Crippen molar-refractivity contribution >= 4 is 11.8 Å². The summed E-state index contributed by atoms with van der Waals surface area (Å²) in [6.45, 7) is 0.828. The Balaban J connectivity index is 1.49. The average molecular weight is 368 g/mol. The molecule has 27 heavy (non-hydrogen) atoms. The summed E-state index contributed by atoms with van der Waals surface area (Å²) in [5, 5.41) is 7.66. The third kappa shape index (κ3) is 3.54. The van der Waals surface area contributed by atoms with Crippen LogP contribution in [0.2, 0.25) is 0 Å². The monoisotopic (exact) mass is 368 g/mol. The van der Waals surface area contributed by atoms with Crippen LogP contribution in [0.1, 0.15) is 43.0 Å². The zero-order valence-corrected chi connectivity index (χ0v) is 15.5. The molecule has 1 aromatic heterocycles. The van der Waals surface area contributed by atoms with Crippen LogP contribution in [-0.4, -0.2) is 46.7 Å². The SMILES string of the molecule is COc1ccc(-n2ncc3c2CCCC3NC(=O)CN2CCCC2=O)cc1. The van der Waals surface area contributed by atoms with Crippen LogP contribution in [-0.2, 0) is 16.0 Å². The maximum absolute atomic E-state index is 12.4. The lowest BCUT2D eigenvalue weighted by molar-refractivity contribution is -0.133. The lowest BCUT2D eigenvalue weighted by Crippen LogP contribution is -2.40. The number of amides is 2. The Morgan fingerprint density at radius 3 is 2.78 bits per heavy atom. The highest BCUT2D eigenvalue weighted by Crippen LogP contribution is 2.31. The summed E-state index contributed by atoms with van der Waals surface area (Å²) in [6, 6.07) is 7.74. The largest absolute Gasteiger partial charge is 0.497 e. The van der Waals surface area contributed by atoms with E-state index in [9.17, 15) is 9.59 Å². The Morgan fingerprint density at radius 1 is 1.26 bits per heavy atom. The highest BCUT2D eigenvalue weighted by molar-refractivity contribution is 5.86. The molecule has 2 aliphatic rings. The molecule has 1 atom stereocenters. The minimum atomic E-state index is -0.0969. The van der Waals surface area contributed by atoms with Crippen LogP contribution in [0.4, 0.5) is 0 Å². The van der Waals surface area contributed by atoms with Gasteiger partial charge in [0.25, 0.3) is 0 Å². The molecule has 1 fully saturated rings. The van der Waals surface area contributed by atoms with Crippen molar-refractivity contribution in [3.8, 4) is 11.4 Å². The van der Waals surface area contributed by atoms with Crippen LogP contribution in [0.5, 0.6) is 5.75 Å². The second kappa shape index (κ2) is 7.42. The van der Waals surface area contributed by atoms with Gasteiger partial charge in [-0.05, 0) is 49.9 Å². The number of carbonyl (C=O) groups is 2. The Kier molecular flexibility index (Phi) is 4.83. The fraction of sp³-hybridized carbons (Fsp3) is 0.450. The van der Waals surface area contributed by atoms with Crippen LogP contribution in [0, 0.1) is 0 Å². The Hall–Kier alpha value is -2.83. The quantitative estimate of drug-likeness (QED) is 0.876. The van der Waals surface area contributed by atoms with Gasteiger partial charge in [-0.3, -0.25) is 9.59 Å². The molecule has 1 N–H and O–H groups in total. The normalized spacial score (nSPS) is 19.1. The van der Waals surface area contributed by atoms with Crippen molar-refractivity contribution in [1.82, 2.24) is 20.0 Å². The number of rotatable bonds is 5. The van der Waals surface area contributed by atoms with Gasteiger partial charge in [0.1, 0.15) is 5.75 Å². The van der Waals surface area contributed by atoms with Gasteiger partial charge in [0.05, 0.1) is 31.6 Å². The minimum Gasteiger partial charge on any atom is -0.497 e. The first-order valence-electron chi connectivity index (χ1n) is 9.44. The number of benzene rings is 1. The van der Waals surface area contributed by atoms with Gasteiger partial charge in [-0.15, -0.1) is 0 Å². The maximum Gasteiger partial charge on any atom is 0.240 e. The third-order valence-corrected chi connectivity index (χ3v) is 5.34. The van der Waals surface area contributed by atoms with Crippen LogP contribution in [0.15, 0.2) is 30.5 Å². The molecule has 2 amide bonds. The molecule has 1 unspecified atom stereocenters. The number of ether oxygens (including phenoxy) is 1. The second-order valence-electron chi connectivity index (χ2n) is 7.09. The molecule has 142 valence electrons. The zero-order valence-electron chi connectivity index (χ0n) is 15.5. The molecule has 0 radical (unpaired) electrons. The van der Waals surface area contributed by atoms with Gasteiger partial charge in [-0.2, -0.15) is 5.10 Å². The van der Waals surface area contributed by atoms with Crippen molar-refractivity contribution < 1.29 is 14.3 Å². The van der Waals surface area contributed by atoms with E-state index in [1.54, 1.807) is 12.0 Å². The summed E-state index contributed by atoms with van der Waals surface area (Å²) in [5.74, 6) is 0.781. The van der Waals surface area contributed by atoms with Crippen molar-refractivity contribution in [2.24, 2.45) is 0 Å². The van der Waals surface area contributed by atoms with Gasteiger partial charge >= 0.3 is 0 Å². The molecule has 0 spiro atoms. The molecule has 1 aliphatic heterocycles. The van der Waals surface area contributed by atoms with Crippen LogP contribution < -0.4 is 10.1 Å². The van der Waals surface area contributed by atoms with Crippen molar-refractivity contribution in [2.75, 3.05) is 20.2 Å². The van der Waals surface area contributed by atoms with E-state index < -0.39 is 0 Å². The van der Waals surface area contributed by atoms with Crippen LogP contribution >= 0.6 is 0 Å². The topological polar surface area (TPSA) is 76.5 Å². The summed E-state index contributed by atoms with van der Waals surface area (Å²) in [5.41, 5.74) is 3.18. The van der Waals surface area contributed by atoms with E-state index in [1.165, 1.54) is 0 Å². The van der Waals surface area contributed by atoms with E-state index in [2.05, 4.69) is 10.4 Å². The van der Waals surface area contributed by atoms with E-state index in [-0.39, 0.29) is 24.4 Å². The summed E-state index contributed by atoms with van der Waals surface area (Å²) in [6.07, 6.45) is 6.05. The molecule has 1 aromatic carbocycles. The zero-order chi connectivity index (χ0) is 18.8. The average Bonchev–Trinajstić information content (AvgIpc) is 3.29. The molecular formula is C20H24N4O3. The summed E-state index contributed by atoms with van der Waals surface area (Å²) >= 11 is 0. The predicted octanol–water partition coefficient (Wildman–Crippen LogP) is 2.00. The number of hydrogen-bond donors (Lipinski definition) is 1. The van der Waals surface area contributed by atoms with E-state index in [0.29, 0.717) is 13.0 Å². The summed E-state index contributed by atoms with van der Waals surface area (Å²) in [4.78, 5) is 25.8. The molecule has 2 heterocycles. The number of nitrogens with zero attached hydrogens (tertiary/aromatic N) is 3. The number of aromatic nitrogens is 2. The van der Waals surface area contributed by atoms with Gasteiger partial charge in [0, 0.05) is 24.2 Å². The summed E-state index contributed by atoms with van der Waals surface area (Å²) < 4.78 is 7.16. The highest BCUT2D eigenvalue weighted by Gasteiger charge is 2.28. The molecule has 0 bridgehead atoms. The third-order valence-electron chi connectivity index (χ3n) is 5.34. The predicted molar refractivity (Wildman–Crippen MR) is 99.8 cm³/mol. The Morgan fingerprint density at radius 2 is 2.07 bits per heavy atom. The number of fused-ring (bicyclic) bond motifs is 1. The molecule has 1 saturated heterocycles. The molecule has 0 saturated carbocycles. The maximum atomic E-state index is 12.4. The fourth-order valence-electron chi connectivity index (χ4n) is 3.94. The van der Waals surface area contributed by atoms with Crippen molar-refractivity contribution in [3.05, 3.63) is 41.7 Å². The van der Waals surface area contributed by atoms with Gasteiger partial charge in [0.15, 0.2) is 0 Å². The number of hydrogen-bond acceptors (Lipinski definition) is 4. The fourth-order valence-corrected chi connectivity index (χ4v) is 3.94. The number of nitrogens with one attached hydrogen (secondary N) is 1. The van der Waals surface area contributed by atoms with Crippen molar-refractivity contribution in [2.45, 2.75) is 38.1 Å². The molecular weight excluding hydrogens is 344 g/mol. The molecule has 4 rings (SSSR count). The van der Waals surface area contributed by atoms with Gasteiger partial charge in [-0.25, -0.2) is 4.68 Å². The first-order valence-corrected chi connectivity index (χ1v) is 9.44. The van der Waals surface area contributed by atoms with E-state index in [1.807, 2.05) is 35.1 Å². The van der Waals surface area contributed by atoms with Crippen molar-refractivity contribution in [3.63, 3.8) is 0 Å². The van der Waals surface area contributed by atoms with Gasteiger partial charge in [-0.1, -0.05) is 0 Å². The van der Waals surface area contributed by atoms with Gasteiger partial charge in [0.2, 0.25) is 11.8 Å². The van der Waals surface area contributed by atoms with Crippen LogP contribution in [0.3, 0.4) is 0 Å². The Labute approximate surface area is 158 Å². The van der Waals surface area contributed by atoms with Crippen molar-refractivity contribution in [1.29, 1.82) is 0 Å². The second-order valence-corrected chi connectivity index (χ2v) is 7.09. The minimum absolute atomic E-state index is 0.0500. The lowest BCUT2D eigenvalue weighted by atomic mass is 9.93. The number of carbonyl (C=O) groups excluding carboxylic acids is 2. The highest BCUT2D eigenvalue weighted by atomic mass is 16.5. The standard InChI is InChI=1S/C20H24N4O3/c1-27-15-9-7-14(8-10-15)24-18-5-2-4-17(16(18)12-21-24)22-19(25)13-23-11-3-6-20(23)26/h7-10,12,17H,2-6,11,13H2,1H3,(H,22,25). The van der Waals surface area contributed by atoms with E-state index in [4.69, 9.17) is 4.74 Å². The molecule has 7 nitrogen and oxygen atoms in total. The molecule has 2 aromatic rings. The summed E-state index contributed by atoms with van der Waals surface area (Å²) in [7, 11) is 1.65. The smallest absolute Gasteiger partial charge is 0.240 e. The van der Waals surface area contributed by atoms with E-state index >= 15 is 0 Å². The lowest BCUT2D eigenvalue weighted by Gasteiger charge is -2.25. The first kappa shape index (κ1) is 17.6. The number of methoxy groups -OCH3 is 1.